The van der Waals surface area contributed by atoms with Crippen molar-refractivity contribution in [2.75, 3.05) is 53.4 Å². The molecule has 1 atom stereocenters. The Morgan fingerprint density at radius 1 is 1.00 bits per heavy atom. The molecule has 0 bridgehead atoms. The minimum atomic E-state index is -0.133. The van der Waals surface area contributed by atoms with Gasteiger partial charge in [0.05, 0.1) is 0 Å². The number of piperazine rings is 1. The van der Waals surface area contributed by atoms with E-state index in [0.29, 0.717) is 6.04 Å². The van der Waals surface area contributed by atoms with Gasteiger partial charge in [-0.3, -0.25) is 9.69 Å². The van der Waals surface area contributed by atoms with Crippen molar-refractivity contribution in [3.63, 3.8) is 0 Å². The fraction of sp³-hybridized carbons (Fsp3) is 0.632. The highest BCUT2D eigenvalue weighted by molar-refractivity contribution is 5.85. The van der Waals surface area contributed by atoms with Gasteiger partial charge in [-0.05, 0) is 32.5 Å². The molecule has 1 aromatic rings. The maximum absolute atomic E-state index is 13.3. The average Bonchev–Trinajstić information content (AvgIpc) is 2.64. The zero-order valence-electron chi connectivity index (χ0n) is 15.8. The molecule has 2 saturated heterocycles. The Morgan fingerprint density at radius 2 is 1.58 bits per heavy atom. The van der Waals surface area contributed by atoms with Gasteiger partial charge in [0.1, 0.15) is 6.04 Å². The lowest BCUT2D eigenvalue weighted by Crippen LogP contribution is -2.52. The first kappa shape index (κ1) is 23.2. The molecule has 1 N–H and O–H groups in total. The predicted molar refractivity (Wildman–Crippen MR) is 111 cm³/mol. The number of nitrogens with one attached hydrogen (secondary N) is 1. The molecule has 1 unspecified atom stereocenters. The zero-order chi connectivity index (χ0) is 16.9. The van der Waals surface area contributed by atoms with Gasteiger partial charge in [-0.15, -0.1) is 24.8 Å². The Morgan fingerprint density at radius 3 is 2.12 bits per heavy atom. The van der Waals surface area contributed by atoms with Gasteiger partial charge < -0.3 is 15.1 Å². The molecule has 3 rings (SSSR count). The Kier molecular flexibility index (Phi) is 9.90. The van der Waals surface area contributed by atoms with Gasteiger partial charge in [0.25, 0.3) is 0 Å². The Balaban J connectivity index is 0.00000169. The number of piperidine rings is 1. The SMILES string of the molecule is CNC1CCN(C(=O)C(c2ccccc2)N2CCN(C)CC2)CC1.Cl.Cl. The standard InChI is InChI=1S/C19H30N4O.2ClH/c1-20-17-8-10-23(11-9-17)19(24)18(16-6-4-3-5-7-16)22-14-12-21(2)13-15-22;;/h3-7,17-18,20H,8-15H2,1-2H3;2*1H. The Hall–Kier alpha value is -0.850. The minimum absolute atomic E-state index is 0. The normalized spacial score (nSPS) is 20.8. The summed E-state index contributed by atoms with van der Waals surface area (Å²) in [7, 11) is 4.17. The van der Waals surface area contributed by atoms with Gasteiger partial charge in [0.15, 0.2) is 0 Å². The quantitative estimate of drug-likeness (QED) is 0.835. The largest absolute Gasteiger partial charge is 0.341 e. The summed E-state index contributed by atoms with van der Waals surface area (Å²) in [6.45, 7) is 5.68. The number of benzene rings is 1. The topological polar surface area (TPSA) is 38.8 Å². The van der Waals surface area contributed by atoms with Crippen LogP contribution in [0.15, 0.2) is 30.3 Å². The maximum Gasteiger partial charge on any atom is 0.244 e. The summed E-state index contributed by atoms with van der Waals surface area (Å²) in [5, 5.41) is 3.34. The monoisotopic (exact) mass is 402 g/mol. The van der Waals surface area contributed by atoms with Crippen molar-refractivity contribution in [2.45, 2.75) is 24.9 Å². The highest BCUT2D eigenvalue weighted by Gasteiger charge is 2.34. The number of carbonyl (C=O) groups is 1. The van der Waals surface area contributed by atoms with E-state index in [-0.39, 0.29) is 36.8 Å². The van der Waals surface area contributed by atoms with Crippen LogP contribution in [0, 0.1) is 0 Å². The lowest BCUT2D eigenvalue weighted by Gasteiger charge is -2.41. The van der Waals surface area contributed by atoms with Crippen LogP contribution in [-0.4, -0.2) is 80.0 Å². The van der Waals surface area contributed by atoms with Gasteiger partial charge in [0.2, 0.25) is 5.91 Å². The number of likely N-dealkylation sites (N-methyl/N-ethyl adjacent to an activating group) is 1. The number of likely N-dealkylation sites (tertiary alicyclic amines) is 1. The Labute approximate surface area is 169 Å². The zero-order valence-corrected chi connectivity index (χ0v) is 17.4. The molecule has 5 nitrogen and oxygen atoms in total. The second-order valence-electron chi connectivity index (χ2n) is 7.04. The van der Waals surface area contributed by atoms with Crippen molar-refractivity contribution in [3.8, 4) is 0 Å². The van der Waals surface area contributed by atoms with E-state index in [1.165, 1.54) is 0 Å². The van der Waals surface area contributed by atoms with Crippen molar-refractivity contribution in [1.82, 2.24) is 20.0 Å². The molecular formula is C19H32Cl2N4O. The van der Waals surface area contributed by atoms with Gasteiger partial charge >= 0.3 is 0 Å². The van der Waals surface area contributed by atoms with E-state index in [0.717, 1.165) is 57.7 Å². The average molecular weight is 403 g/mol. The molecule has 0 radical (unpaired) electrons. The maximum atomic E-state index is 13.3. The summed E-state index contributed by atoms with van der Waals surface area (Å²) in [5.41, 5.74) is 1.13. The third-order valence-corrected chi connectivity index (χ3v) is 5.47. The third-order valence-electron chi connectivity index (χ3n) is 5.47. The molecule has 1 amide bonds. The molecule has 2 heterocycles. The summed E-state index contributed by atoms with van der Waals surface area (Å²) in [6.07, 6.45) is 2.10. The van der Waals surface area contributed by atoms with Crippen molar-refractivity contribution in [1.29, 1.82) is 0 Å². The summed E-state index contributed by atoms with van der Waals surface area (Å²) in [4.78, 5) is 20.1. The van der Waals surface area contributed by atoms with Crippen LogP contribution in [0.3, 0.4) is 0 Å². The van der Waals surface area contributed by atoms with E-state index in [1.807, 2.05) is 25.2 Å². The summed E-state index contributed by atoms with van der Waals surface area (Å²) >= 11 is 0. The first-order valence-electron chi connectivity index (χ1n) is 9.12. The number of nitrogens with zero attached hydrogens (tertiary/aromatic N) is 3. The van der Waals surface area contributed by atoms with Crippen LogP contribution in [0.1, 0.15) is 24.4 Å². The van der Waals surface area contributed by atoms with E-state index in [2.05, 4.69) is 39.2 Å². The number of hydrogen-bond donors (Lipinski definition) is 1. The highest BCUT2D eigenvalue weighted by Crippen LogP contribution is 2.26. The van der Waals surface area contributed by atoms with Crippen molar-refractivity contribution in [2.24, 2.45) is 0 Å². The van der Waals surface area contributed by atoms with E-state index in [1.54, 1.807) is 0 Å². The first-order valence-corrected chi connectivity index (χ1v) is 9.12. The van der Waals surface area contributed by atoms with Crippen LogP contribution < -0.4 is 5.32 Å². The predicted octanol–water partition coefficient (Wildman–Crippen LogP) is 2.03. The molecule has 2 aliphatic heterocycles. The van der Waals surface area contributed by atoms with Crippen molar-refractivity contribution < 1.29 is 4.79 Å². The Bertz CT molecular complexity index is 530. The van der Waals surface area contributed by atoms with E-state index >= 15 is 0 Å². The molecule has 0 spiro atoms. The smallest absolute Gasteiger partial charge is 0.244 e. The van der Waals surface area contributed by atoms with E-state index in [9.17, 15) is 4.79 Å². The fourth-order valence-electron chi connectivity index (χ4n) is 3.79. The van der Waals surface area contributed by atoms with Gasteiger partial charge in [-0.25, -0.2) is 0 Å². The molecule has 0 aromatic heterocycles. The molecule has 2 fully saturated rings. The molecule has 148 valence electrons. The second kappa shape index (κ2) is 11.1. The van der Waals surface area contributed by atoms with Crippen LogP contribution in [0.5, 0.6) is 0 Å². The molecule has 0 aliphatic carbocycles. The van der Waals surface area contributed by atoms with Gasteiger partial charge in [-0.2, -0.15) is 0 Å². The number of hydrogen-bond acceptors (Lipinski definition) is 4. The minimum Gasteiger partial charge on any atom is -0.341 e. The van der Waals surface area contributed by atoms with Crippen LogP contribution in [0.2, 0.25) is 0 Å². The molecule has 7 heteroatoms. The van der Waals surface area contributed by atoms with Gasteiger partial charge in [-0.1, -0.05) is 30.3 Å². The molecule has 26 heavy (non-hydrogen) atoms. The van der Waals surface area contributed by atoms with Gasteiger partial charge in [0, 0.05) is 45.3 Å². The summed E-state index contributed by atoms with van der Waals surface area (Å²) in [6, 6.07) is 10.7. The molecule has 2 aliphatic rings. The third kappa shape index (κ3) is 5.57. The highest BCUT2D eigenvalue weighted by atomic mass is 35.5. The van der Waals surface area contributed by atoms with E-state index in [4.69, 9.17) is 0 Å². The van der Waals surface area contributed by atoms with E-state index < -0.39 is 0 Å². The van der Waals surface area contributed by atoms with Crippen LogP contribution in [0.25, 0.3) is 0 Å². The van der Waals surface area contributed by atoms with Crippen LogP contribution >= 0.6 is 24.8 Å². The molecule has 0 saturated carbocycles. The number of halogens is 2. The number of rotatable bonds is 4. The van der Waals surface area contributed by atoms with Crippen LogP contribution in [0.4, 0.5) is 0 Å². The summed E-state index contributed by atoms with van der Waals surface area (Å²) < 4.78 is 0. The number of amides is 1. The lowest BCUT2D eigenvalue weighted by molar-refractivity contribution is -0.139. The molecule has 1 aromatic carbocycles. The molecular weight excluding hydrogens is 371 g/mol. The number of carbonyl (C=O) groups excluding carboxylic acids is 1. The van der Waals surface area contributed by atoms with Crippen molar-refractivity contribution >= 4 is 30.7 Å². The lowest BCUT2D eigenvalue weighted by atomic mass is 9.99. The van der Waals surface area contributed by atoms with Crippen LogP contribution in [-0.2, 0) is 4.79 Å². The first-order chi connectivity index (χ1) is 11.7. The fourth-order valence-corrected chi connectivity index (χ4v) is 3.79. The summed E-state index contributed by atoms with van der Waals surface area (Å²) in [5.74, 6) is 0.278. The van der Waals surface area contributed by atoms with Crippen molar-refractivity contribution in [3.05, 3.63) is 35.9 Å². The second-order valence-corrected chi connectivity index (χ2v) is 7.04.